The van der Waals surface area contributed by atoms with E-state index in [-0.39, 0.29) is 11.8 Å². The number of aromatic nitrogens is 1. The fraction of sp³-hybridized carbons (Fsp3) is 0.333. The Morgan fingerprint density at radius 1 is 1.23 bits per heavy atom. The number of anilines is 1. The number of nitrogens with zero attached hydrogens (tertiary/aromatic N) is 2. The molecule has 2 aliphatic rings. The van der Waals surface area contributed by atoms with Crippen molar-refractivity contribution in [2.75, 3.05) is 18.0 Å². The summed E-state index contributed by atoms with van der Waals surface area (Å²) in [7, 11) is 0. The van der Waals surface area contributed by atoms with E-state index in [0.717, 1.165) is 57.1 Å². The van der Waals surface area contributed by atoms with Crippen LogP contribution in [0.15, 0.2) is 46.9 Å². The van der Waals surface area contributed by atoms with Crippen LogP contribution in [0.5, 0.6) is 0 Å². The zero-order valence-corrected chi connectivity index (χ0v) is 18.8. The van der Waals surface area contributed by atoms with Gasteiger partial charge in [0.15, 0.2) is 5.54 Å². The van der Waals surface area contributed by atoms with E-state index in [1.807, 2.05) is 41.3 Å². The summed E-state index contributed by atoms with van der Waals surface area (Å²) in [6, 6.07) is 14.1. The Morgan fingerprint density at radius 3 is 2.80 bits per heavy atom. The molecule has 2 amide bonds. The van der Waals surface area contributed by atoms with Crippen LogP contribution in [-0.2, 0) is 21.5 Å². The lowest BCUT2D eigenvalue weighted by atomic mass is 9.80. The van der Waals surface area contributed by atoms with Gasteiger partial charge in [-0.2, -0.15) is 0 Å². The van der Waals surface area contributed by atoms with Crippen LogP contribution in [-0.4, -0.2) is 34.8 Å². The third-order valence-corrected chi connectivity index (χ3v) is 6.97. The molecule has 2 aromatic carbocycles. The van der Waals surface area contributed by atoms with E-state index in [1.165, 1.54) is 0 Å². The third kappa shape index (κ3) is 2.46. The number of para-hydroxylation sites is 1. The van der Waals surface area contributed by atoms with Crippen LogP contribution in [0.4, 0.5) is 5.69 Å². The van der Waals surface area contributed by atoms with Crippen molar-refractivity contribution in [2.45, 2.75) is 38.6 Å². The number of halogens is 1. The largest absolute Gasteiger partial charge is 0.355 e. The van der Waals surface area contributed by atoms with Gasteiger partial charge in [-0.3, -0.25) is 9.59 Å². The molecule has 1 atom stereocenters. The molecule has 0 aliphatic carbocycles. The van der Waals surface area contributed by atoms with Crippen LogP contribution in [0.1, 0.15) is 43.5 Å². The van der Waals surface area contributed by atoms with Crippen molar-refractivity contribution in [1.82, 2.24) is 9.88 Å². The van der Waals surface area contributed by atoms with Gasteiger partial charge in [0.05, 0.1) is 11.4 Å². The summed E-state index contributed by atoms with van der Waals surface area (Å²) >= 11 is 3.60. The molecule has 2 aliphatic heterocycles. The fourth-order valence-corrected chi connectivity index (χ4v) is 5.54. The van der Waals surface area contributed by atoms with E-state index in [1.54, 1.807) is 11.8 Å². The molecule has 0 saturated heterocycles. The molecule has 1 spiro atoms. The molecular weight excluding hydrogens is 442 g/mol. The van der Waals surface area contributed by atoms with E-state index in [4.69, 9.17) is 0 Å². The Kier molecular flexibility index (Phi) is 4.51. The predicted molar refractivity (Wildman–Crippen MR) is 122 cm³/mol. The highest BCUT2D eigenvalue weighted by molar-refractivity contribution is 9.10. The number of hydrogen-bond donors (Lipinski definition) is 1. The molecule has 30 heavy (non-hydrogen) atoms. The third-order valence-electron chi connectivity index (χ3n) is 6.47. The van der Waals surface area contributed by atoms with Crippen LogP contribution < -0.4 is 4.90 Å². The minimum Gasteiger partial charge on any atom is -0.355 e. The molecule has 0 saturated carbocycles. The molecule has 0 radical (unpaired) electrons. The highest BCUT2D eigenvalue weighted by Gasteiger charge is 2.60. The van der Waals surface area contributed by atoms with E-state index in [2.05, 4.69) is 33.9 Å². The summed E-state index contributed by atoms with van der Waals surface area (Å²) in [6.45, 7) is 4.85. The Bertz CT molecular complexity index is 1180. The molecule has 1 N–H and O–H groups in total. The Balaban J connectivity index is 1.85. The van der Waals surface area contributed by atoms with Crippen LogP contribution in [0.25, 0.3) is 10.9 Å². The summed E-state index contributed by atoms with van der Waals surface area (Å²) in [5.74, 6) is -0.123. The lowest BCUT2D eigenvalue weighted by molar-refractivity contribution is -0.143. The maximum atomic E-state index is 14.2. The summed E-state index contributed by atoms with van der Waals surface area (Å²) in [6.07, 6.45) is 2.64. The lowest BCUT2D eigenvalue weighted by Gasteiger charge is -2.43. The summed E-state index contributed by atoms with van der Waals surface area (Å²) in [4.78, 5) is 34.3. The zero-order valence-electron chi connectivity index (χ0n) is 17.2. The van der Waals surface area contributed by atoms with Gasteiger partial charge in [-0.1, -0.05) is 47.5 Å². The standard InChI is InChI=1S/C24H24BrN3O2/c1-3-4-12-27-21-10-9-16(25)14-19(21)24(23(27)30)22-18(11-13-28(24)15(2)29)17-7-5-6-8-20(17)26-22/h5-10,14,26H,3-4,11-13H2,1-2H3/t24-/m0/s1. The number of fused-ring (bicyclic) bond motifs is 6. The van der Waals surface area contributed by atoms with Gasteiger partial charge in [-0.25, -0.2) is 0 Å². The van der Waals surface area contributed by atoms with Gasteiger partial charge in [-0.05, 0) is 42.7 Å². The van der Waals surface area contributed by atoms with Gasteiger partial charge >= 0.3 is 0 Å². The summed E-state index contributed by atoms with van der Waals surface area (Å²) in [5.41, 5.74) is 3.61. The molecule has 5 rings (SSSR count). The molecule has 5 nitrogen and oxygen atoms in total. The lowest BCUT2D eigenvalue weighted by Crippen LogP contribution is -2.58. The monoisotopic (exact) mass is 465 g/mol. The van der Waals surface area contributed by atoms with Gasteiger partial charge in [0, 0.05) is 41.0 Å². The van der Waals surface area contributed by atoms with Crippen LogP contribution in [0, 0.1) is 0 Å². The first-order valence-corrected chi connectivity index (χ1v) is 11.3. The van der Waals surface area contributed by atoms with E-state index in [9.17, 15) is 9.59 Å². The molecule has 0 fully saturated rings. The Morgan fingerprint density at radius 2 is 2.03 bits per heavy atom. The zero-order chi connectivity index (χ0) is 21.0. The van der Waals surface area contributed by atoms with Gasteiger partial charge in [0.1, 0.15) is 0 Å². The fourth-order valence-electron chi connectivity index (χ4n) is 5.18. The number of amides is 2. The molecule has 3 heterocycles. The number of hydrogen-bond acceptors (Lipinski definition) is 2. The van der Waals surface area contributed by atoms with Crippen LogP contribution >= 0.6 is 15.9 Å². The maximum Gasteiger partial charge on any atom is 0.263 e. The second-order valence-corrected chi connectivity index (χ2v) is 9.04. The SMILES string of the molecule is CCCCN1C(=O)[C@]2(c3cc(Br)ccc31)c1[nH]c3ccccc3c1CCN2C(C)=O. The first-order chi connectivity index (χ1) is 14.5. The Labute approximate surface area is 184 Å². The predicted octanol–water partition coefficient (Wildman–Crippen LogP) is 4.73. The highest BCUT2D eigenvalue weighted by atomic mass is 79.9. The highest BCUT2D eigenvalue weighted by Crippen LogP contribution is 2.52. The molecular formula is C24H24BrN3O2. The topological polar surface area (TPSA) is 56.4 Å². The smallest absolute Gasteiger partial charge is 0.263 e. The van der Waals surface area contributed by atoms with Crippen molar-refractivity contribution >= 4 is 44.3 Å². The van der Waals surface area contributed by atoms with E-state index in [0.29, 0.717) is 13.1 Å². The molecule has 1 aromatic heterocycles. The number of aromatic amines is 1. The van der Waals surface area contributed by atoms with Gasteiger partial charge in [-0.15, -0.1) is 0 Å². The van der Waals surface area contributed by atoms with Gasteiger partial charge in [0.2, 0.25) is 5.91 Å². The summed E-state index contributed by atoms with van der Waals surface area (Å²) in [5, 5.41) is 1.13. The second kappa shape index (κ2) is 6.98. The molecule has 0 bridgehead atoms. The minimum absolute atomic E-state index is 0.0354. The van der Waals surface area contributed by atoms with Crippen LogP contribution in [0.3, 0.4) is 0 Å². The van der Waals surface area contributed by atoms with Crippen molar-refractivity contribution in [2.24, 2.45) is 0 Å². The average molecular weight is 466 g/mol. The number of carbonyl (C=O) groups is 2. The second-order valence-electron chi connectivity index (χ2n) is 8.13. The molecule has 154 valence electrons. The first-order valence-electron chi connectivity index (χ1n) is 10.5. The van der Waals surface area contributed by atoms with Crippen molar-refractivity contribution in [3.05, 3.63) is 63.8 Å². The molecule has 6 heteroatoms. The van der Waals surface area contributed by atoms with E-state index >= 15 is 0 Å². The van der Waals surface area contributed by atoms with Crippen molar-refractivity contribution in [3.63, 3.8) is 0 Å². The average Bonchev–Trinajstić information content (AvgIpc) is 3.22. The van der Waals surface area contributed by atoms with Crippen molar-refractivity contribution in [1.29, 1.82) is 0 Å². The van der Waals surface area contributed by atoms with Crippen molar-refractivity contribution < 1.29 is 9.59 Å². The first kappa shape index (κ1) is 19.4. The van der Waals surface area contributed by atoms with Crippen molar-refractivity contribution in [3.8, 4) is 0 Å². The Hall–Kier alpha value is -2.60. The number of rotatable bonds is 3. The number of carbonyl (C=O) groups excluding carboxylic acids is 2. The van der Waals surface area contributed by atoms with Gasteiger partial charge in [0.25, 0.3) is 5.91 Å². The number of H-pyrrole nitrogens is 1. The number of benzene rings is 2. The number of unbranched alkanes of at least 4 members (excludes halogenated alkanes) is 1. The minimum atomic E-state index is -1.15. The quantitative estimate of drug-likeness (QED) is 0.607. The maximum absolute atomic E-state index is 14.2. The number of nitrogens with one attached hydrogen (secondary N) is 1. The van der Waals surface area contributed by atoms with Gasteiger partial charge < -0.3 is 14.8 Å². The molecule has 3 aromatic rings. The normalized spacial score (nSPS) is 20.2. The van der Waals surface area contributed by atoms with E-state index < -0.39 is 5.54 Å². The van der Waals surface area contributed by atoms with Crippen LogP contribution in [0.2, 0.25) is 0 Å². The molecule has 0 unspecified atom stereocenters. The summed E-state index contributed by atoms with van der Waals surface area (Å²) < 4.78 is 0.900.